The van der Waals surface area contributed by atoms with E-state index in [4.69, 9.17) is 10.8 Å². The van der Waals surface area contributed by atoms with Gasteiger partial charge in [0.1, 0.15) is 11.9 Å². The highest BCUT2D eigenvalue weighted by molar-refractivity contribution is 5.73. The van der Waals surface area contributed by atoms with Crippen LogP contribution in [0.2, 0.25) is 0 Å². The molecule has 1 aromatic rings. The molecule has 0 saturated carbocycles. The predicted octanol–water partition coefficient (Wildman–Crippen LogP) is 1.76. The highest BCUT2D eigenvalue weighted by Crippen LogP contribution is 2.29. The van der Waals surface area contributed by atoms with Gasteiger partial charge in [0.2, 0.25) is 0 Å². The highest BCUT2D eigenvalue weighted by Gasteiger charge is 2.27. The Morgan fingerprint density at radius 2 is 1.89 bits per heavy atom. The third kappa shape index (κ3) is 3.52. The molecule has 1 heterocycles. The van der Waals surface area contributed by atoms with Crippen LogP contribution in [0.3, 0.4) is 0 Å². The summed E-state index contributed by atoms with van der Waals surface area (Å²) >= 11 is 0. The second-order valence-corrected chi connectivity index (χ2v) is 4.99. The van der Waals surface area contributed by atoms with Crippen molar-refractivity contribution in [1.29, 1.82) is 0 Å². The summed E-state index contributed by atoms with van der Waals surface area (Å²) in [5.41, 5.74) is 6.58. The molecule has 5 heteroatoms. The Kier molecular flexibility index (Phi) is 4.50. The summed E-state index contributed by atoms with van der Waals surface area (Å²) < 4.78 is 13.0. The van der Waals surface area contributed by atoms with E-state index in [0.29, 0.717) is 6.42 Å². The maximum atomic E-state index is 13.0. The van der Waals surface area contributed by atoms with Crippen molar-refractivity contribution in [1.82, 2.24) is 4.90 Å². The first-order chi connectivity index (χ1) is 9.08. The van der Waals surface area contributed by atoms with Crippen molar-refractivity contribution in [2.75, 3.05) is 13.1 Å². The minimum absolute atomic E-state index is 0.0470. The monoisotopic (exact) mass is 266 g/mol. The van der Waals surface area contributed by atoms with E-state index in [1.165, 1.54) is 12.1 Å². The lowest BCUT2D eigenvalue weighted by Crippen LogP contribution is -2.36. The minimum atomic E-state index is -0.994. The van der Waals surface area contributed by atoms with Gasteiger partial charge in [0.25, 0.3) is 0 Å². The zero-order valence-electron chi connectivity index (χ0n) is 10.8. The highest BCUT2D eigenvalue weighted by atomic mass is 19.1. The van der Waals surface area contributed by atoms with Crippen LogP contribution in [-0.4, -0.2) is 35.1 Å². The van der Waals surface area contributed by atoms with E-state index < -0.39 is 12.0 Å². The van der Waals surface area contributed by atoms with Gasteiger partial charge in [0.15, 0.2) is 0 Å². The number of hydrogen-bond acceptors (Lipinski definition) is 3. The molecule has 0 aromatic heterocycles. The van der Waals surface area contributed by atoms with E-state index in [1.807, 2.05) is 0 Å². The number of hydrogen-bond donors (Lipinski definition) is 2. The number of carboxylic acids is 1. The minimum Gasteiger partial charge on any atom is -0.480 e. The molecule has 1 aliphatic rings. The molecule has 2 unspecified atom stereocenters. The lowest BCUT2D eigenvalue weighted by Gasteiger charge is -2.29. The van der Waals surface area contributed by atoms with Crippen molar-refractivity contribution >= 4 is 5.97 Å². The summed E-state index contributed by atoms with van der Waals surface area (Å²) in [4.78, 5) is 13.2. The summed E-state index contributed by atoms with van der Waals surface area (Å²) in [6, 6.07) is 5.31. The second-order valence-electron chi connectivity index (χ2n) is 4.99. The predicted molar refractivity (Wildman–Crippen MR) is 70.2 cm³/mol. The Morgan fingerprint density at radius 1 is 1.32 bits per heavy atom. The van der Waals surface area contributed by atoms with E-state index in [-0.39, 0.29) is 11.9 Å². The summed E-state index contributed by atoms with van der Waals surface area (Å²) in [5.74, 6) is -1.28. The molecular formula is C14H19FN2O2. The van der Waals surface area contributed by atoms with Crippen molar-refractivity contribution in [3.8, 4) is 0 Å². The van der Waals surface area contributed by atoms with Crippen molar-refractivity contribution in [2.45, 2.75) is 31.3 Å². The number of halogens is 1. The topological polar surface area (TPSA) is 66.6 Å². The molecule has 0 radical (unpaired) electrons. The Hall–Kier alpha value is -1.46. The molecule has 19 heavy (non-hydrogen) atoms. The molecule has 0 spiro atoms. The van der Waals surface area contributed by atoms with Crippen LogP contribution in [0.25, 0.3) is 0 Å². The Bertz CT molecular complexity index is 430. The van der Waals surface area contributed by atoms with Crippen LogP contribution < -0.4 is 5.73 Å². The quantitative estimate of drug-likeness (QED) is 0.852. The number of carbonyl (C=O) groups is 1. The number of benzene rings is 1. The second kappa shape index (κ2) is 6.12. The maximum absolute atomic E-state index is 13.0. The first-order valence-electron chi connectivity index (χ1n) is 6.56. The fourth-order valence-corrected chi connectivity index (χ4v) is 2.58. The van der Waals surface area contributed by atoms with Gasteiger partial charge in [-0.2, -0.15) is 0 Å². The van der Waals surface area contributed by atoms with Crippen molar-refractivity contribution in [3.05, 3.63) is 35.6 Å². The van der Waals surface area contributed by atoms with Crippen LogP contribution in [0, 0.1) is 5.82 Å². The molecule has 1 aromatic carbocycles. The molecule has 104 valence electrons. The van der Waals surface area contributed by atoms with E-state index in [1.54, 1.807) is 12.1 Å². The van der Waals surface area contributed by atoms with Crippen LogP contribution in [0.5, 0.6) is 0 Å². The molecule has 1 aliphatic heterocycles. The van der Waals surface area contributed by atoms with Crippen LogP contribution in [0.15, 0.2) is 24.3 Å². The molecule has 4 nitrogen and oxygen atoms in total. The van der Waals surface area contributed by atoms with Crippen LogP contribution in [-0.2, 0) is 4.79 Å². The van der Waals surface area contributed by atoms with Gasteiger partial charge >= 0.3 is 5.97 Å². The molecular weight excluding hydrogens is 247 g/mol. The molecule has 1 saturated heterocycles. The number of likely N-dealkylation sites (tertiary alicyclic amines) is 1. The number of nitrogens with two attached hydrogens (primary N) is 1. The SMILES string of the molecule is NC(CC(c1ccc(F)cc1)N1CCCC1)C(=O)O. The van der Waals surface area contributed by atoms with Gasteiger partial charge < -0.3 is 10.8 Å². The lowest BCUT2D eigenvalue weighted by molar-refractivity contribution is -0.139. The van der Waals surface area contributed by atoms with Gasteiger partial charge in [0.05, 0.1) is 0 Å². The van der Waals surface area contributed by atoms with Crippen molar-refractivity contribution in [3.63, 3.8) is 0 Å². The smallest absolute Gasteiger partial charge is 0.320 e. The van der Waals surface area contributed by atoms with Gasteiger partial charge in [-0.05, 0) is 50.0 Å². The van der Waals surface area contributed by atoms with E-state index in [9.17, 15) is 9.18 Å². The van der Waals surface area contributed by atoms with Gasteiger partial charge in [-0.15, -0.1) is 0 Å². The standard InChI is InChI=1S/C14H19FN2O2/c15-11-5-3-10(4-6-11)13(9-12(16)14(18)19)17-7-1-2-8-17/h3-6,12-13H,1-2,7-9,16H2,(H,18,19). The van der Waals surface area contributed by atoms with Crippen molar-refractivity contribution < 1.29 is 14.3 Å². The average Bonchev–Trinajstić information content (AvgIpc) is 2.90. The first kappa shape index (κ1) is 14.0. The Morgan fingerprint density at radius 3 is 2.42 bits per heavy atom. The van der Waals surface area contributed by atoms with Gasteiger partial charge in [-0.25, -0.2) is 4.39 Å². The van der Waals surface area contributed by atoms with E-state index >= 15 is 0 Å². The molecule has 0 amide bonds. The summed E-state index contributed by atoms with van der Waals surface area (Å²) in [7, 11) is 0. The fourth-order valence-electron chi connectivity index (χ4n) is 2.58. The molecule has 2 atom stereocenters. The Labute approximate surface area is 112 Å². The van der Waals surface area contributed by atoms with Gasteiger partial charge in [0, 0.05) is 6.04 Å². The molecule has 0 aliphatic carbocycles. The zero-order valence-corrected chi connectivity index (χ0v) is 10.8. The Balaban J connectivity index is 2.17. The zero-order chi connectivity index (χ0) is 13.8. The normalized spacial score (nSPS) is 19.3. The third-order valence-electron chi connectivity index (χ3n) is 3.63. The number of rotatable bonds is 5. The van der Waals surface area contributed by atoms with Crippen LogP contribution in [0.4, 0.5) is 4.39 Å². The van der Waals surface area contributed by atoms with Gasteiger partial charge in [-0.3, -0.25) is 9.69 Å². The third-order valence-corrected chi connectivity index (χ3v) is 3.63. The van der Waals surface area contributed by atoms with Crippen LogP contribution >= 0.6 is 0 Å². The summed E-state index contributed by atoms with van der Waals surface area (Å²) in [5, 5.41) is 8.96. The van der Waals surface area contributed by atoms with E-state index in [0.717, 1.165) is 31.5 Å². The number of nitrogens with zero attached hydrogens (tertiary/aromatic N) is 1. The molecule has 0 bridgehead atoms. The van der Waals surface area contributed by atoms with E-state index in [2.05, 4.69) is 4.90 Å². The number of aliphatic carboxylic acids is 1. The number of carboxylic acid groups (broad SMARTS) is 1. The van der Waals surface area contributed by atoms with Crippen molar-refractivity contribution in [2.24, 2.45) is 5.73 Å². The van der Waals surface area contributed by atoms with Crippen LogP contribution in [0.1, 0.15) is 30.9 Å². The lowest BCUT2D eigenvalue weighted by atomic mass is 9.98. The summed E-state index contributed by atoms with van der Waals surface area (Å²) in [6.07, 6.45) is 2.57. The molecule has 3 N–H and O–H groups in total. The maximum Gasteiger partial charge on any atom is 0.320 e. The van der Waals surface area contributed by atoms with Gasteiger partial charge in [-0.1, -0.05) is 12.1 Å². The average molecular weight is 266 g/mol. The largest absolute Gasteiger partial charge is 0.480 e. The fraction of sp³-hybridized carbons (Fsp3) is 0.500. The summed E-state index contributed by atoms with van der Waals surface area (Å²) in [6.45, 7) is 1.88. The molecule has 1 fully saturated rings. The first-order valence-corrected chi connectivity index (χ1v) is 6.56. The molecule has 2 rings (SSSR count).